The highest BCUT2D eigenvalue weighted by Gasteiger charge is 2.28. The minimum atomic E-state index is -0.662. The second-order valence-electron chi connectivity index (χ2n) is 4.63. The van der Waals surface area contributed by atoms with Crippen LogP contribution in [0, 0.1) is 0 Å². The van der Waals surface area contributed by atoms with Gasteiger partial charge in [0.25, 0.3) is 0 Å². The van der Waals surface area contributed by atoms with E-state index in [4.69, 9.17) is 16.3 Å². The Kier molecular flexibility index (Phi) is 5.33. The zero-order chi connectivity index (χ0) is 15.2. The maximum Gasteiger partial charge on any atom is 0.321 e. The van der Waals surface area contributed by atoms with Gasteiger partial charge in [0, 0.05) is 11.4 Å². The molecule has 0 aliphatic carbocycles. The van der Waals surface area contributed by atoms with Crippen LogP contribution in [0.1, 0.15) is 43.4 Å². The SMILES string of the molecule is CCCc1nc(C(C(=O)OCC)c2cccc(Cl)c2)n[nH]1. The van der Waals surface area contributed by atoms with Crippen LogP contribution < -0.4 is 0 Å². The molecule has 112 valence electrons. The highest BCUT2D eigenvalue weighted by molar-refractivity contribution is 6.30. The van der Waals surface area contributed by atoms with Gasteiger partial charge in [-0.2, -0.15) is 5.10 Å². The fraction of sp³-hybridized carbons (Fsp3) is 0.400. The molecule has 0 spiro atoms. The number of halogens is 1. The van der Waals surface area contributed by atoms with Crippen LogP contribution in [0.2, 0.25) is 5.02 Å². The number of hydrogen-bond acceptors (Lipinski definition) is 4. The Labute approximate surface area is 128 Å². The molecule has 1 aromatic heterocycles. The van der Waals surface area contributed by atoms with Crippen LogP contribution in [-0.2, 0) is 16.0 Å². The normalized spacial score (nSPS) is 12.1. The van der Waals surface area contributed by atoms with E-state index < -0.39 is 5.92 Å². The third-order valence-corrected chi connectivity index (χ3v) is 3.23. The third-order valence-electron chi connectivity index (χ3n) is 3.00. The monoisotopic (exact) mass is 307 g/mol. The average Bonchev–Trinajstić information content (AvgIpc) is 2.88. The molecule has 0 radical (unpaired) electrons. The number of benzene rings is 1. The molecule has 0 aliphatic rings. The molecule has 1 atom stereocenters. The lowest BCUT2D eigenvalue weighted by Crippen LogP contribution is -2.18. The summed E-state index contributed by atoms with van der Waals surface area (Å²) in [5.74, 6) is 0.148. The predicted molar refractivity (Wildman–Crippen MR) is 80.3 cm³/mol. The van der Waals surface area contributed by atoms with Crippen LogP contribution in [0.4, 0.5) is 0 Å². The summed E-state index contributed by atoms with van der Waals surface area (Å²) in [7, 11) is 0. The molecule has 1 aromatic carbocycles. The van der Waals surface area contributed by atoms with Gasteiger partial charge >= 0.3 is 5.97 Å². The molecule has 0 fully saturated rings. The first kappa shape index (κ1) is 15.5. The number of ether oxygens (including phenoxy) is 1. The first-order valence-electron chi connectivity index (χ1n) is 6.99. The van der Waals surface area contributed by atoms with Gasteiger partial charge in [0.15, 0.2) is 5.82 Å². The Hall–Kier alpha value is -1.88. The van der Waals surface area contributed by atoms with Crippen molar-refractivity contribution in [3.05, 3.63) is 46.5 Å². The molecule has 21 heavy (non-hydrogen) atoms. The first-order chi connectivity index (χ1) is 10.2. The standard InChI is InChI=1S/C15H18ClN3O2/c1-3-6-12-17-14(19-18-12)13(15(20)21-4-2)10-7-5-8-11(16)9-10/h5,7-9,13H,3-4,6H2,1-2H3,(H,17,18,19). The van der Waals surface area contributed by atoms with Crippen molar-refractivity contribution >= 4 is 17.6 Å². The Bertz CT molecular complexity index is 612. The number of aromatic nitrogens is 3. The van der Waals surface area contributed by atoms with Gasteiger partial charge in [-0.25, -0.2) is 4.98 Å². The summed E-state index contributed by atoms with van der Waals surface area (Å²) < 4.78 is 5.15. The molecule has 0 bridgehead atoms. The number of H-pyrrole nitrogens is 1. The average molecular weight is 308 g/mol. The van der Waals surface area contributed by atoms with E-state index in [0.29, 0.717) is 17.5 Å². The van der Waals surface area contributed by atoms with E-state index in [1.165, 1.54) is 0 Å². The lowest BCUT2D eigenvalue weighted by Gasteiger charge is -2.13. The molecule has 1 unspecified atom stereocenters. The Morgan fingerprint density at radius 3 is 2.90 bits per heavy atom. The van der Waals surface area contributed by atoms with E-state index in [9.17, 15) is 4.79 Å². The summed E-state index contributed by atoms with van der Waals surface area (Å²) in [6.07, 6.45) is 1.74. The summed E-state index contributed by atoms with van der Waals surface area (Å²) in [6, 6.07) is 7.11. The van der Waals surface area contributed by atoms with E-state index in [1.54, 1.807) is 25.1 Å². The van der Waals surface area contributed by atoms with Crippen LogP contribution in [0.25, 0.3) is 0 Å². The van der Waals surface area contributed by atoms with Crippen LogP contribution in [-0.4, -0.2) is 27.8 Å². The highest BCUT2D eigenvalue weighted by Crippen LogP contribution is 2.26. The molecule has 0 saturated carbocycles. The van der Waals surface area contributed by atoms with E-state index in [0.717, 1.165) is 24.2 Å². The van der Waals surface area contributed by atoms with Crippen molar-refractivity contribution in [2.75, 3.05) is 6.61 Å². The maximum absolute atomic E-state index is 12.3. The van der Waals surface area contributed by atoms with Gasteiger partial charge in [-0.15, -0.1) is 0 Å². The molecular weight excluding hydrogens is 290 g/mol. The van der Waals surface area contributed by atoms with E-state index in [-0.39, 0.29) is 5.97 Å². The zero-order valence-corrected chi connectivity index (χ0v) is 12.9. The molecule has 1 heterocycles. The largest absolute Gasteiger partial charge is 0.465 e. The molecule has 6 heteroatoms. The third kappa shape index (κ3) is 3.82. The molecule has 0 saturated heterocycles. The molecule has 1 N–H and O–H groups in total. The second-order valence-corrected chi connectivity index (χ2v) is 5.07. The highest BCUT2D eigenvalue weighted by atomic mass is 35.5. The Morgan fingerprint density at radius 1 is 1.43 bits per heavy atom. The number of aryl methyl sites for hydroxylation is 1. The minimum absolute atomic E-state index is 0.308. The quantitative estimate of drug-likeness (QED) is 0.833. The summed E-state index contributed by atoms with van der Waals surface area (Å²) in [5.41, 5.74) is 0.725. The topological polar surface area (TPSA) is 67.9 Å². The number of carbonyl (C=O) groups excluding carboxylic acids is 1. The van der Waals surface area contributed by atoms with Crippen LogP contribution >= 0.6 is 11.6 Å². The smallest absolute Gasteiger partial charge is 0.321 e. The second kappa shape index (κ2) is 7.22. The van der Waals surface area contributed by atoms with Crippen molar-refractivity contribution in [3.63, 3.8) is 0 Å². The van der Waals surface area contributed by atoms with Crippen molar-refractivity contribution in [2.24, 2.45) is 0 Å². The lowest BCUT2D eigenvalue weighted by molar-refractivity contribution is -0.144. The number of esters is 1. The fourth-order valence-corrected chi connectivity index (χ4v) is 2.29. The summed E-state index contributed by atoms with van der Waals surface area (Å²) >= 11 is 6.01. The van der Waals surface area contributed by atoms with Gasteiger partial charge in [0.05, 0.1) is 6.61 Å². The number of hydrogen-bond donors (Lipinski definition) is 1. The van der Waals surface area contributed by atoms with Crippen molar-refractivity contribution < 1.29 is 9.53 Å². The number of nitrogens with one attached hydrogen (secondary N) is 1. The van der Waals surface area contributed by atoms with Crippen LogP contribution in [0.5, 0.6) is 0 Å². The summed E-state index contributed by atoms with van der Waals surface area (Å²) in [6.45, 7) is 4.14. The lowest BCUT2D eigenvalue weighted by atomic mass is 9.98. The first-order valence-corrected chi connectivity index (χ1v) is 7.36. The van der Waals surface area contributed by atoms with E-state index in [2.05, 4.69) is 22.1 Å². The van der Waals surface area contributed by atoms with Crippen molar-refractivity contribution in [1.82, 2.24) is 15.2 Å². The van der Waals surface area contributed by atoms with Gasteiger partial charge in [-0.3, -0.25) is 9.89 Å². The van der Waals surface area contributed by atoms with Crippen molar-refractivity contribution in [2.45, 2.75) is 32.6 Å². The number of aromatic amines is 1. The zero-order valence-electron chi connectivity index (χ0n) is 12.1. The van der Waals surface area contributed by atoms with Crippen molar-refractivity contribution in [1.29, 1.82) is 0 Å². The Morgan fingerprint density at radius 2 is 2.24 bits per heavy atom. The predicted octanol–water partition coefficient (Wildman–Crippen LogP) is 3.11. The van der Waals surface area contributed by atoms with Crippen LogP contribution in [0.3, 0.4) is 0 Å². The maximum atomic E-state index is 12.3. The van der Waals surface area contributed by atoms with Gasteiger partial charge in [0.1, 0.15) is 11.7 Å². The minimum Gasteiger partial charge on any atom is -0.465 e. The summed E-state index contributed by atoms with van der Waals surface area (Å²) in [4.78, 5) is 16.7. The van der Waals surface area contributed by atoms with E-state index in [1.807, 2.05) is 6.07 Å². The molecule has 0 amide bonds. The summed E-state index contributed by atoms with van der Waals surface area (Å²) in [5, 5.41) is 7.59. The Balaban J connectivity index is 2.37. The number of carbonyl (C=O) groups is 1. The van der Waals surface area contributed by atoms with Gasteiger partial charge in [0.2, 0.25) is 0 Å². The molecule has 2 aromatic rings. The fourth-order valence-electron chi connectivity index (χ4n) is 2.09. The molecule has 5 nitrogen and oxygen atoms in total. The van der Waals surface area contributed by atoms with Gasteiger partial charge in [-0.1, -0.05) is 30.7 Å². The van der Waals surface area contributed by atoms with Crippen molar-refractivity contribution in [3.8, 4) is 0 Å². The molecule has 2 rings (SSSR count). The van der Waals surface area contributed by atoms with Gasteiger partial charge < -0.3 is 4.74 Å². The number of nitrogens with zero attached hydrogens (tertiary/aromatic N) is 2. The van der Waals surface area contributed by atoms with Gasteiger partial charge in [-0.05, 0) is 31.0 Å². The molecular formula is C15H18ClN3O2. The number of rotatable bonds is 6. The van der Waals surface area contributed by atoms with Crippen LogP contribution in [0.15, 0.2) is 24.3 Å². The molecule has 0 aliphatic heterocycles. The van der Waals surface area contributed by atoms with E-state index >= 15 is 0 Å².